The van der Waals surface area contributed by atoms with Gasteiger partial charge in [0.05, 0.1) is 6.10 Å². The number of para-hydroxylation sites is 1. The molecule has 0 radical (unpaired) electrons. The van der Waals surface area contributed by atoms with Crippen LogP contribution >= 0.6 is 0 Å². The summed E-state index contributed by atoms with van der Waals surface area (Å²) in [6.07, 6.45) is -0.228. The van der Waals surface area contributed by atoms with E-state index in [0.717, 1.165) is 5.56 Å². The second-order valence-corrected chi connectivity index (χ2v) is 5.09. The summed E-state index contributed by atoms with van der Waals surface area (Å²) in [6, 6.07) is 5.48. The summed E-state index contributed by atoms with van der Waals surface area (Å²) in [4.78, 5) is 0. The molecule has 1 unspecified atom stereocenters. The molecule has 0 heterocycles. The summed E-state index contributed by atoms with van der Waals surface area (Å²) in [5, 5.41) is 20.0. The predicted octanol–water partition coefficient (Wildman–Crippen LogP) is 2.07. The molecule has 0 aliphatic heterocycles. The average Bonchev–Trinajstić information content (AvgIpc) is 2.16. The number of phenols is 1. The number of rotatable bonds is 3. The maximum absolute atomic E-state index is 10.1. The maximum atomic E-state index is 10.1. The molecule has 0 bridgehead atoms. The summed E-state index contributed by atoms with van der Waals surface area (Å²) >= 11 is 0. The van der Waals surface area contributed by atoms with Gasteiger partial charge in [0.15, 0.2) is 0 Å². The van der Waals surface area contributed by atoms with Crippen LogP contribution in [0, 0.1) is 0 Å². The summed E-state index contributed by atoms with van der Waals surface area (Å²) < 4.78 is 0. The largest absolute Gasteiger partial charge is 0.507 e. The first kappa shape index (κ1) is 13.0. The Morgan fingerprint density at radius 2 is 1.94 bits per heavy atom. The molecular weight excluding hydrogens is 202 g/mol. The lowest BCUT2D eigenvalue weighted by Gasteiger charge is -2.23. The molecule has 1 rings (SSSR count). The van der Waals surface area contributed by atoms with Crippen LogP contribution in [0.3, 0.4) is 0 Å². The van der Waals surface area contributed by atoms with Crippen molar-refractivity contribution in [3.05, 3.63) is 29.3 Å². The first-order valence-electron chi connectivity index (χ1n) is 5.58. The van der Waals surface area contributed by atoms with Crippen LogP contribution in [0.2, 0.25) is 0 Å². The summed E-state index contributed by atoms with van der Waals surface area (Å²) in [7, 11) is 0. The van der Waals surface area contributed by atoms with Crippen LogP contribution in [0.15, 0.2) is 18.2 Å². The smallest absolute Gasteiger partial charge is 0.125 e. The standard InChI is InChI=1S/C13H21NO2/c1-13(2,3)10-6-4-5-9(12(10)16)11(15)7-8-14/h4-6,11,15-16H,7-8,14H2,1-3H3. The summed E-state index contributed by atoms with van der Waals surface area (Å²) in [5.74, 6) is 0.191. The molecule has 0 aliphatic rings. The molecule has 3 heteroatoms. The van der Waals surface area contributed by atoms with E-state index in [4.69, 9.17) is 5.73 Å². The minimum absolute atomic E-state index is 0.136. The molecule has 1 atom stereocenters. The van der Waals surface area contributed by atoms with Gasteiger partial charge < -0.3 is 15.9 Å². The summed E-state index contributed by atoms with van der Waals surface area (Å²) in [5.41, 5.74) is 6.68. The molecule has 90 valence electrons. The Balaban J connectivity index is 3.14. The van der Waals surface area contributed by atoms with Gasteiger partial charge in [0.2, 0.25) is 0 Å². The van der Waals surface area contributed by atoms with Gasteiger partial charge in [-0.25, -0.2) is 0 Å². The van der Waals surface area contributed by atoms with Gasteiger partial charge in [-0.1, -0.05) is 39.0 Å². The van der Waals surface area contributed by atoms with Crippen LogP contribution in [0.4, 0.5) is 0 Å². The molecule has 0 saturated carbocycles. The van der Waals surface area contributed by atoms with E-state index >= 15 is 0 Å². The fraction of sp³-hybridized carbons (Fsp3) is 0.538. The Labute approximate surface area is 96.9 Å². The number of phenolic OH excluding ortho intramolecular Hbond substituents is 1. The second kappa shape index (κ2) is 4.85. The van der Waals surface area contributed by atoms with Gasteiger partial charge >= 0.3 is 0 Å². The predicted molar refractivity (Wildman–Crippen MR) is 65.4 cm³/mol. The quantitative estimate of drug-likeness (QED) is 0.735. The highest BCUT2D eigenvalue weighted by molar-refractivity contribution is 5.45. The lowest BCUT2D eigenvalue weighted by Crippen LogP contribution is -2.13. The van der Waals surface area contributed by atoms with Crippen molar-refractivity contribution in [3.63, 3.8) is 0 Å². The number of aliphatic hydroxyl groups is 1. The fourth-order valence-corrected chi connectivity index (χ4v) is 1.75. The van der Waals surface area contributed by atoms with E-state index in [1.54, 1.807) is 6.07 Å². The van der Waals surface area contributed by atoms with Gasteiger partial charge in [0.1, 0.15) is 5.75 Å². The Kier molecular flexibility index (Phi) is 3.94. The van der Waals surface area contributed by atoms with Gasteiger partial charge in [-0.2, -0.15) is 0 Å². The zero-order valence-corrected chi connectivity index (χ0v) is 10.2. The van der Waals surface area contributed by atoms with Gasteiger partial charge in [-0.3, -0.25) is 0 Å². The first-order valence-corrected chi connectivity index (χ1v) is 5.58. The van der Waals surface area contributed by atoms with Crippen LogP contribution in [-0.4, -0.2) is 16.8 Å². The van der Waals surface area contributed by atoms with Crippen molar-refractivity contribution in [2.45, 2.75) is 38.7 Å². The zero-order valence-electron chi connectivity index (χ0n) is 10.2. The highest BCUT2D eigenvalue weighted by Crippen LogP contribution is 2.36. The fourth-order valence-electron chi connectivity index (χ4n) is 1.75. The van der Waals surface area contributed by atoms with Gasteiger partial charge in [0.25, 0.3) is 0 Å². The average molecular weight is 223 g/mol. The minimum Gasteiger partial charge on any atom is -0.507 e. The van der Waals surface area contributed by atoms with Crippen molar-refractivity contribution < 1.29 is 10.2 Å². The van der Waals surface area contributed by atoms with Crippen molar-refractivity contribution in [2.24, 2.45) is 5.73 Å². The van der Waals surface area contributed by atoms with Crippen LogP contribution < -0.4 is 5.73 Å². The van der Waals surface area contributed by atoms with Gasteiger partial charge in [-0.15, -0.1) is 0 Å². The zero-order chi connectivity index (χ0) is 12.3. The Hall–Kier alpha value is -1.06. The van der Waals surface area contributed by atoms with E-state index in [2.05, 4.69) is 0 Å². The highest BCUT2D eigenvalue weighted by atomic mass is 16.3. The molecule has 0 saturated heterocycles. The molecule has 0 amide bonds. The van der Waals surface area contributed by atoms with Crippen LogP contribution in [0.5, 0.6) is 5.75 Å². The van der Waals surface area contributed by atoms with Crippen LogP contribution in [0.1, 0.15) is 44.4 Å². The SMILES string of the molecule is CC(C)(C)c1cccc(C(O)CCN)c1O. The monoisotopic (exact) mass is 223 g/mol. The number of hydrogen-bond donors (Lipinski definition) is 3. The topological polar surface area (TPSA) is 66.5 Å². The van der Waals surface area contributed by atoms with Crippen LogP contribution in [-0.2, 0) is 5.41 Å². The maximum Gasteiger partial charge on any atom is 0.125 e. The van der Waals surface area contributed by atoms with E-state index in [-0.39, 0.29) is 11.2 Å². The second-order valence-electron chi connectivity index (χ2n) is 5.09. The molecule has 0 aromatic heterocycles. The first-order chi connectivity index (χ1) is 7.38. The van der Waals surface area contributed by atoms with Crippen molar-refractivity contribution >= 4 is 0 Å². The highest BCUT2D eigenvalue weighted by Gasteiger charge is 2.21. The number of benzene rings is 1. The normalized spacial score (nSPS) is 13.8. The van der Waals surface area contributed by atoms with Crippen molar-refractivity contribution in [1.29, 1.82) is 0 Å². The lowest BCUT2D eigenvalue weighted by atomic mass is 9.84. The Morgan fingerprint density at radius 3 is 2.44 bits per heavy atom. The third kappa shape index (κ3) is 2.74. The van der Waals surface area contributed by atoms with E-state index < -0.39 is 6.10 Å². The molecule has 0 aliphatic carbocycles. The Bertz CT molecular complexity index is 355. The molecule has 0 spiro atoms. The summed E-state index contributed by atoms with van der Waals surface area (Å²) in [6.45, 7) is 6.49. The number of hydrogen-bond acceptors (Lipinski definition) is 3. The molecule has 0 fully saturated rings. The number of aromatic hydroxyl groups is 1. The minimum atomic E-state index is -0.688. The van der Waals surface area contributed by atoms with Crippen molar-refractivity contribution in [3.8, 4) is 5.75 Å². The van der Waals surface area contributed by atoms with E-state index in [9.17, 15) is 10.2 Å². The Morgan fingerprint density at radius 1 is 1.31 bits per heavy atom. The van der Waals surface area contributed by atoms with E-state index in [0.29, 0.717) is 18.5 Å². The molecule has 1 aromatic rings. The van der Waals surface area contributed by atoms with Crippen LogP contribution in [0.25, 0.3) is 0 Å². The molecule has 16 heavy (non-hydrogen) atoms. The van der Waals surface area contributed by atoms with Crippen molar-refractivity contribution in [1.82, 2.24) is 0 Å². The third-order valence-electron chi connectivity index (χ3n) is 2.67. The third-order valence-corrected chi connectivity index (χ3v) is 2.67. The van der Waals surface area contributed by atoms with E-state index in [1.807, 2.05) is 32.9 Å². The molecule has 4 N–H and O–H groups in total. The number of nitrogens with two attached hydrogens (primary N) is 1. The van der Waals surface area contributed by atoms with Gasteiger partial charge in [-0.05, 0) is 23.9 Å². The van der Waals surface area contributed by atoms with Gasteiger partial charge in [0, 0.05) is 5.56 Å². The number of aliphatic hydroxyl groups excluding tert-OH is 1. The molecule has 3 nitrogen and oxygen atoms in total. The van der Waals surface area contributed by atoms with E-state index in [1.165, 1.54) is 0 Å². The molecular formula is C13H21NO2. The van der Waals surface area contributed by atoms with Crippen molar-refractivity contribution in [2.75, 3.05) is 6.54 Å². The lowest BCUT2D eigenvalue weighted by molar-refractivity contribution is 0.166. The molecule has 1 aromatic carbocycles.